The Kier molecular flexibility index (Phi) is 6.67. The van der Waals surface area contributed by atoms with E-state index in [0.29, 0.717) is 4.75 Å². The fourth-order valence-corrected chi connectivity index (χ4v) is 3.82. The number of anilines is 1. The van der Waals surface area contributed by atoms with Crippen LogP contribution in [0.25, 0.3) is 4.91 Å². The van der Waals surface area contributed by atoms with Gasteiger partial charge in [-0.05, 0) is 38.8 Å². The van der Waals surface area contributed by atoms with Gasteiger partial charge < -0.3 is 5.32 Å². The van der Waals surface area contributed by atoms with Crippen molar-refractivity contribution in [3.05, 3.63) is 35.4 Å². The Labute approximate surface area is 129 Å². The highest BCUT2D eigenvalue weighted by Crippen LogP contribution is 2.44. The fraction of sp³-hybridized carbons (Fsp3) is 0.556. The smallest absolute Gasteiger partial charge is 0.0422 e. The van der Waals surface area contributed by atoms with Crippen molar-refractivity contribution in [3.63, 3.8) is 0 Å². The van der Waals surface area contributed by atoms with Gasteiger partial charge in [0.15, 0.2) is 0 Å². The van der Waals surface area contributed by atoms with Crippen molar-refractivity contribution in [2.45, 2.75) is 58.6 Å². The number of nitrogens with one attached hydrogen (secondary N) is 1. The van der Waals surface area contributed by atoms with Crippen LogP contribution in [0.3, 0.4) is 0 Å². The zero-order valence-corrected chi connectivity index (χ0v) is 14.7. The van der Waals surface area contributed by atoms with Gasteiger partial charge in [0, 0.05) is 28.0 Å². The maximum absolute atomic E-state index is 3.32. The first kappa shape index (κ1) is 17.2. The molecule has 0 aliphatic rings. The summed E-state index contributed by atoms with van der Waals surface area (Å²) in [5.74, 6) is 0. The Morgan fingerprint density at radius 1 is 1.35 bits per heavy atom. The molecule has 1 aromatic carbocycles. The van der Waals surface area contributed by atoms with E-state index in [1.807, 2.05) is 18.8 Å². The molecule has 1 N–H and O–H groups in total. The van der Waals surface area contributed by atoms with E-state index in [0.717, 1.165) is 0 Å². The van der Waals surface area contributed by atoms with Gasteiger partial charge in [-0.3, -0.25) is 0 Å². The van der Waals surface area contributed by atoms with E-state index in [-0.39, 0.29) is 0 Å². The van der Waals surface area contributed by atoms with Gasteiger partial charge in [0.25, 0.3) is 0 Å². The summed E-state index contributed by atoms with van der Waals surface area (Å²) in [4.78, 5) is 1.39. The summed E-state index contributed by atoms with van der Waals surface area (Å²) in [6.07, 6.45) is 5.95. The highest BCUT2D eigenvalue weighted by Gasteiger charge is 2.24. The van der Waals surface area contributed by atoms with Crippen molar-refractivity contribution in [1.29, 1.82) is 0 Å². The van der Waals surface area contributed by atoms with Crippen molar-refractivity contribution >= 4 is 22.4 Å². The van der Waals surface area contributed by atoms with Gasteiger partial charge >= 0.3 is 0 Å². The molecule has 0 bridgehead atoms. The second-order valence-corrected chi connectivity index (χ2v) is 7.24. The molecule has 0 amide bonds. The molecule has 0 radical (unpaired) electrons. The third-order valence-corrected chi connectivity index (χ3v) is 5.52. The van der Waals surface area contributed by atoms with Gasteiger partial charge in [0.1, 0.15) is 0 Å². The SMILES string of the molecule is C/C=C(/SC(C)(CC)CCC)c1cc(C)ccc1NC. The van der Waals surface area contributed by atoms with Crippen molar-refractivity contribution in [3.8, 4) is 0 Å². The van der Waals surface area contributed by atoms with Crippen LogP contribution in [-0.2, 0) is 0 Å². The lowest BCUT2D eigenvalue weighted by atomic mass is 10.0. The lowest BCUT2D eigenvalue weighted by Gasteiger charge is -2.29. The molecule has 0 saturated carbocycles. The third-order valence-electron chi connectivity index (χ3n) is 3.86. The maximum Gasteiger partial charge on any atom is 0.0422 e. The molecule has 2 heteroatoms. The molecule has 1 aromatic rings. The molecule has 0 saturated heterocycles. The summed E-state index contributed by atoms with van der Waals surface area (Å²) in [5, 5.41) is 3.32. The normalized spacial score (nSPS) is 15.0. The first-order chi connectivity index (χ1) is 9.49. The number of thioether (sulfide) groups is 1. The van der Waals surface area contributed by atoms with Crippen molar-refractivity contribution in [2.75, 3.05) is 12.4 Å². The fourth-order valence-electron chi connectivity index (χ4n) is 2.44. The molecule has 0 spiro atoms. The van der Waals surface area contributed by atoms with Crippen LogP contribution in [0, 0.1) is 6.92 Å². The number of aryl methyl sites for hydroxylation is 1. The van der Waals surface area contributed by atoms with Crippen LogP contribution in [-0.4, -0.2) is 11.8 Å². The zero-order valence-electron chi connectivity index (χ0n) is 13.8. The van der Waals surface area contributed by atoms with Crippen LogP contribution in [0.5, 0.6) is 0 Å². The van der Waals surface area contributed by atoms with Gasteiger partial charge in [-0.2, -0.15) is 0 Å². The molecule has 0 aromatic heterocycles. The van der Waals surface area contributed by atoms with Crippen molar-refractivity contribution < 1.29 is 0 Å². The summed E-state index contributed by atoms with van der Waals surface area (Å²) in [5.41, 5.74) is 3.86. The predicted octanol–water partition coefficient (Wildman–Crippen LogP) is 6.10. The van der Waals surface area contributed by atoms with E-state index in [2.05, 4.69) is 64.2 Å². The quantitative estimate of drug-likeness (QED) is 0.651. The molecule has 0 aliphatic carbocycles. The molecule has 20 heavy (non-hydrogen) atoms. The summed E-state index contributed by atoms with van der Waals surface area (Å²) < 4.78 is 0.325. The van der Waals surface area contributed by atoms with Crippen molar-refractivity contribution in [2.24, 2.45) is 0 Å². The Morgan fingerprint density at radius 2 is 2.05 bits per heavy atom. The first-order valence-electron chi connectivity index (χ1n) is 7.63. The van der Waals surface area contributed by atoms with Gasteiger partial charge in [-0.1, -0.05) is 44.9 Å². The maximum atomic E-state index is 3.32. The highest BCUT2D eigenvalue weighted by atomic mass is 32.2. The van der Waals surface area contributed by atoms with E-state index in [1.54, 1.807) is 0 Å². The van der Waals surface area contributed by atoms with Crippen LogP contribution in [0.4, 0.5) is 5.69 Å². The lowest BCUT2D eigenvalue weighted by molar-refractivity contribution is 0.562. The van der Waals surface area contributed by atoms with Gasteiger partial charge in [0.2, 0.25) is 0 Å². The van der Waals surface area contributed by atoms with Crippen molar-refractivity contribution in [1.82, 2.24) is 0 Å². The van der Waals surface area contributed by atoms with Crippen LogP contribution in [0.2, 0.25) is 0 Å². The number of benzene rings is 1. The monoisotopic (exact) mass is 291 g/mol. The van der Waals surface area contributed by atoms with E-state index in [9.17, 15) is 0 Å². The molecule has 112 valence electrons. The Morgan fingerprint density at radius 3 is 2.55 bits per heavy atom. The summed E-state index contributed by atoms with van der Waals surface area (Å²) in [7, 11) is 2.00. The minimum atomic E-state index is 0.325. The van der Waals surface area contributed by atoms with Gasteiger partial charge in [-0.25, -0.2) is 0 Å². The van der Waals surface area contributed by atoms with Crippen LogP contribution in [0.1, 0.15) is 58.1 Å². The zero-order chi connectivity index (χ0) is 15.2. The second-order valence-electron chi connectivity index (χ2n) is 5.61. The standard InChI is InChI=1S/C18H29NS/c1-7-12-18(5,9-3)20-17(8-2)15-13-14(4)10-11-16(15)19-6/h8,10-11,13,19H,7,9,12H2,1-6H3/b17-8+. The van der Waals surface area contributed by atoms with Crippen LogP contribution in [0.15, 0.2) is 24.3 Å². The molecule has 0 fully saturated rings. The topological polar surface area (TPSA) is 12.0 Å². The average Bonchev–Trinajstić information content (AvgIpc) is 2.45. The number of hydrogen-bond acceptors (Lipinski definition) is 2. The molecule has 1 atom stereocenters. The average molecular weight is 292 g/mol. The third kappa shape index (κ3) is 4.31. The Balaban J connectivity index is 3.11. The van der Waals surface area contributed by atoms with E-state index in [1.165, 1.54) is 41.0 Å². The number of hydrogen-bond donors (Lipinski definition) is 1. The first-order valence-corrected chi connectivity index (χ1v) is 8.45. The van der Waals surface area contributed by atoms with E-state index >= 15 is 0 Å². The Bertz CT molecular complexity index is 464. The molecule has 0 aliphatic heterocycles. The minimum Gasteiger partial charge on any atom is -0.388 e. The van der Waals surface area contributed by atoms with Crippen LogP contribution < -0.4 is 5.32 Å². The molecular formula is C18H29NS. The van der Waals surface area contributed by atoms with Gasteiger partial charge in [0.05, 0.1) is 0 Å². The summed E-state index contributed by atoms with van der Waals surface area (Å²) in [6, 6.07) is 6.63. The minimum absolute atomic E-state index is 0.325. The lowest BCUT2D eigenvalue weighted by Crippen LogP contribution is -2.18. The predicted molar refractivity (Wildman–Crippen MR) is 95.6 cm³/mol. The molecule has 1 unspecified atom stereocenters. The summed E-state index contributed by atoms with van der Waals surface area (Å²) in [6.45, 7) is 11.3. The summed E-state index contributed by atoms with van der Waals surface area (Å²) >= 11 is 2.03. The highest BCUT2D eigenvalue weighted by molar-refractivity contribution is 8.09. The second kappa shape index (κ2) is 7.78. The van der Waals surface area contributed by atoms with Crippen LogP contribution >= 0.6 is 11.8 Å². The molecule has 1 nitrogen and oxygen atoms in total. The molecule has 1 rings (SSSR count). The van der Waals surface area contributed by atoms with Gasteiger partial charge in [-0.15, -0.1) is 11.8 Å². The number of allylic oxidation sites excluding steroid dienone is 1. The largest absolute Gasteiger partial charge is 0.388 e. The van der Waals surface area contributed by atoms with E-state index in [4.69, 9.17) is 0 Å². The molecule has 0 heterocycles. The van der Waals surface area contributed by atoms with E-state index < -0.39 is 0 Å². The molecular weight excluding hydrogens is 262 g/mol. The Hall–Kier alpha value is -0.890. The number of rotatable bonds is 7.